The lowest BCUT2D eigenvalue weighted by atomic mass is 9.66. The van der Waals surface area contributed by atoms with Gasteiger partial charge in [-0.15, -0.1) is 0 Å². The van der Waals surface area contributed by atoms with Crippen molar-refractivity contribution in [2.75, 3.05) is 7.11 Å². The minimum absolute atomic E-state index is 0.217. The van der Waals surface area contributed by atoms with Gasteiger partial charge >= 0.3 is 0 Å². The summed E-state index contributed by atoms with van der Waals surface area (Å²) in [6.45, 7) is 0. The second-order valence-corrected chi connectivity index (χ2v) is 11.8. The molecule has 1 fully saturated rings. The third-order valence-corrected chi connectivity index (χ3v) is 9.68. The van der Waals surface area contributed by atoms with Crippen molar-refractivity contribution in [3.05, 3.63) is 137 Å². The first-order valence-electron chi connectivity index (χ1n) is 14.7. The van der Waals surface area contributed by atoms with E-state index in [0.717, 1.165) is 75.6 Å². The van der Waals surface area contributed by atoms with Crippen molar-refractivity contribution in [1.29, 1.82) is 0 Å². The lowest BCUT2D eigenvalue weighted by molar-refractivity contribution is 0.163. The fourth-order valence-electron chi connectivity index (χ4n) is 7.83. The highest BCUT2D eigenvalue weighted by atomic mass is 19.1. The van der Waals surface area contributed by atoms with Crippen molar-refractivity contribution in [3.8, 4) is 22.6 Å². The molecule has 4 heteroatoms. The summed E-state index contributed by atoms with van der Waals surface area (Å²) in [5.74, 6) is 0.896. The van der Waals surface area contributed by atoms with Gasteiger partial charge in [-0.1, -0.05) is 79.9 Å². The average Bonchev–Trinajstić information content (AvgIpc) is 3.30. The van der Waals surface area contributed by atoms with Crippen molar-refractivity contribution in [1.82, 2.24) is 0 Å². The summed E-state index contributed by atoms with van der Waals surface area (Å²) in [7, 11) is 1.65. The Labute approximate surface area is 244 Å². The van der Waals surface area contributed by atoms with Gasteiger partial charge in [0.15, 0.2) is 5.60 Å². The Balaban J connectivity index is 1.46. The van der Waals surface area contributed by atoms with E-state index in [9.17, 15) is 4.39 Å². The average molecular weight is 557 g/mol. The number of benzene rings is 5. The fourth-order valence-corrected chi connectivity index (χ4v) is 7.83. The van der Waals surface area contributed by atoms with Crippen molar-refractivity contribution < 1.29 is 18.3 Å². The van der Waals surface area contributed by atoms with E-state index in [1.54, 1.807) is 25.3 Å². The van der Waals surface area contributed by atoms with Gasteiger partial charge in [-0.25, -0.2) is 8.78 Å². The molecule has 1 atom stereocenters. The van der Waals surface area contributed by atoms with Gasteiger partial charge < -0.3 is 9.47 Å². The van der Waals surface area contributed by atoms with E-state index >= 15 is 4.39 Å². The van der Waals surface area contributed by atoms with Gasteiger partial charge in [0, 0.05) is 27.5 Å². The highest BCUT2D eigenvalue weighted by molar-refractivity contribution is 6.08. The lowest BCUT2D eigenvalue weighted by Gasteiger charge is -2.41. The third kappa shape index (κ3) is 3.47. The Bertz CT molecular complexity index is 1890. The number of halogens is 2. The minimum Gasteiger partial charge on any atom is -0.497 e. The van der Waals surface area contributed by atoms with E-state index in [-0.39, 0.29) is 17.0 Å². The van der Waals surface area contributed by atoms with Gasteiger partial charge in [0.1, 0.15) is 23.1 Å². The molecule has 1 spiro atoms. The van der Waals surface area contributed by atoms with E-state index < -0.39 is 5.60 Å². The maximum atomic E-state index is 15.0. The van der Waals surface area contributed by atoms with Crippen molar-refractivity contribution in [3.63, 3.8) is 0 Å². The maximum Gasteiger partial charge on any atom is 0.178 e. The summed E-state index contributed by atoms with van der Waals surface area (Å²) < 4.78 is 42.6. The van der Waals surface area contributed by atoms with Crippen LogP contribution in [0, 0.1) is 11.6 Å². The summed E-state index contributed by atoms with van der Waals surface area (Å²) in [5.41, 5.74) is 6.04. The molecular formula is C38H30F2O2. The molecule has 1 saturated carbocycles. The van der Waals surface area contributed by atoms with E-state index in [0.29, 0.717) is 5.75 Å². The van der Waals surface area contributed by atoms with Crippen LogP contribution in [0.4, 0.5) is 8.78 Å². The first-order chi connectivity index (χ1) is 20.5. The molecule has 0 N–H and O–H groups in total. The Morgan fingerprint density at radius 2 is 1.45 bits per heavy atom. The maximum absolute atomic E-state index is 15.0. The van der Waals surface area contributed by atoms with Crippen molar-refractivity contribution in [2.24, 2.45) is 0 Å². The molecule has 1 heterocycles. The molecule has 0 radical (unpaired) electrons. The van der Waals surface area contributed by atoms with Gasteiger partial charge in [0.05, 0.1) is 7.11 Å². The lowest BCUT2D eigenvalue weighted by Crippen LogP contribution is -2.35. The molecule has 0 bridgehead atoms. The molecule has 5 aromatic carbocycles. The molecule has 2 aliphatic carbocycles. The monoisotopic (exact) mass is 556 g/mol. The van der Waals surface area contributed by atoms with Crippen LogP contribution >= 0.6 is 0 Å². The van der Waals surface area contributed by atoms with Crippen LogP contribution in [0.25, 0.3) is 28.0 Å². The van der Waals surface area contributed by atoms with E-state index in [1.807, 2.05) is 54.6 Å². The standard InChI is InChI=1S/C38H30F2O2/c1-41-28-14-10-25(11-15-28)38(24-8-4-2-5-9-24)21-18-31-35-34(29-16-12-26(39)22-32(29)36(31)42-38)30-17-13-27(40)23-33(30)37(35)19-6-3-7-20-37/h2,4-5,8-18,21-23H,3,6-7,19-20H2,1H3. The van der Waals surface area contributed by atoms with Crippen LogP contribution in [0.5, 0.6) is 11.5 Å². The number of rotatable bonds is 3. The van der Waals surface area contributed by atoms with Crippen LogP contribution in [-0.4, -0.2) is 7.11 Å². The fraction of sp³-hybridized carbons (Fsp3) is 0.211. The van der Waals surface area contributed by atoms with E-state index in [1.165, 1.54) is 18.1 Å². The Morgan fingerprint density at radius 3 is 2.21 bits per heavy atom. The van der Waals surface area contributed by atoms with Crippen molar-refractivity contribution >= 4 is 16.8 Å². The normalized spacial score (nSPS) is 19.7. The van der Waals surface area contributed by atoms with Gasteiger partial charge in [-0.2, -0.15) is 0 Å². The Morgan fingerprint density at radius 1 is 0.738 bits per heavy atom. The summed E-state index contributed by atoms with van der Waals surface area (Å²) in [4.78, 5) is 0. The van der Waals surface area contributed by atoms with Gasteiger partial charge in [0.25, 0.3) is 0 Å². The number of fused-ring (bicyclic) bond motifs is 10. The van der Waals surface area contributed by atoms with E-state index in [2.05, 4.69) is 24.3 Å². The van der Waals surface area contributed by atoms with Crippen LogP contribution < -0.4 is 9.47 Å². The minimum atomic E-state index is -0.939. The van der Waals surface area contributed by atoms with Gasteiger partial charge in [-0.05, 0) is 83.0 Å². The molecule has 0 aromatic heterocycles. The smallest absolute Gasteiger partial charge is 0.178 e. The SMILES string of the molecule is COc1ccc(C2(c3ccccc3)C=Cc3c4c(c5ccc(F)cc5c3O2)-c2ccc(F)cc2C42CCCCC2)cc1. The summed E-state index contributed by atoms with van der Waals surface area (Å²) in [6.07, 6.45) is 9.54. The van der Waals surface area contributed by atoms with Crippen molar-refractivity contribution in [2.45, 2.75) is 43.1 Å². The molecule has 0 amide bonds. The van der Waals surface area contributed by atoms with Gasteiger partial charge in [0.2, 0.25) is 0 Å². The molecule has 2 nitrogen and oxygen atoms in total. The first-order valence-corrected chi connectivity index (χ1v) is 14.7. The molecule has 42 heavy (non-hydrogen) atoms. The molecule has 8 rings (SSSR count). The largest absolute Gasteiger partial charge is 0.497 e. The third-order valence-electron chi connectivity index (χ3n) is 9.68. The highest BCUT2D eigenvalue weighted by Crippen LogP contribution is 2.62. The van der Waals surface area contributed by atoms with Crippen LogP contribution in [-0.2, 0) is 11.0 Å². The molecule has 208 valence electrons. The summed E-state index contributed by atoms with van der Waals surface area (Å²) in [6, 6.07) is 28.3. The zero-order valence-electron chi connectivity index (χ0n) is 23.4. The number of ether oxygens (including phenoxy) is 2. The highest BCUT2D eigenvalue weighted by Gasteiger charge is 2.49. The second-order valence-electron chi connectivity index (χ2n) is 11.8. The predicted molar refractivity (Wildman–Crippen MR) is 163 cm³/mol. The molecule has 5 aromatic rings. The van der Waals surface area contributed by atoms with Crippen LogP contribution in [0.3, 0.4) is 0 Å². The second kappa shape index (κ2) is 9.29. The van der Waals surface area contributed by atoms with E-state index in [4.69, 9.17) is 9.47 Å². The zero-order valence-corrected chi connectivity index (χ0v) is 23.4. The summed E-state index contributed by atoms with van der Waals surface area (Å²) >= 11 is 0. The quantitative estimate of drug-likeness (QED) is 0.220. The zero-order chi connectivity index (χ0) is 28.5. The van der Waals surface area contributed by atoms with Gasteiger partial charge in [-0.3, -0.25) is 0 Å². The molecular weight excluding hydrogens is 526 g/mol. The molecule has 3 aliphatic rings. The first kappa shape index (κ1) is 25.3. The predicted octanol–water partition coefficient (Wildman–Crippen LogP) is 9.71. The Hall–Kier alpha value is -4.44. The van der Waals surface area contributed by atoms with Crippen LogP contribution in [0.2, 0.25) is 0 Å². The Kier molecular flexibility index (Phi) is 5.59. The number of hydrogen-bond donors (Lipinski definition) is 0. The van der Waals surface area contributed by atoms with Crippen LogP contribution in [0.15, 0.2) is 97.1 Å². The number of methoxy groups -OCH3 is 1. The summed E-state index contributed by atoms with van der Waals surface area (Å²) in [5, 5.41) is 1.66. The molecule has 1 unspecified atom stereocenters. The molecule has 0 saturated heterocycles. The topological polar surface area (TPSA) is 18.5 Å². The molecule has 1 aliphatic heterocycles. The number of hydrogen-bond acceptors (Lipinski definition) is 2. The van der Waals surface area contributed by atoms with Crippen LogP contribution in [0.1, 0.15) is 59.9 Å².